The molecule has 1 aliphatic rings. The van der Waals surface area contributed by atoms with Gasteiger partial charge in [-0.25, -0.2) is 13.1 Å². The molecule has 13 heavy (non-hydrogen) atoms. The fourth-order valence-corrected chi connectivity index (χ4v) is 2.27. The van der Waals surface area contributed by atoms with Crippen LogP contribution in [0.15, 0.2) is 0 Å². The molecule has 1 fully saturated rings. The first kappa shape index (κ1) is 10.4. The van der Waals surface area contributed by atoms with E-state index in [1.165, 1.54) is 0 Å². The number of rotatable bonds is 5. The van der Waals surface area contributed by atoms with E-state index >= 15 is 0 Å². The topological polar surface area (TPSA) is 109 Å². The fourth-order valence-electron chi connectivity index (χ4n) is 0.811. The first-order valence-electron chi connectivity index (χ1n) is 3.89. The Bertz CT molecular complexity index is 296. The summed E-state index contributed by atoms with van der Waals surface area (Å²) in [5.74, 6) is -1.86. The lowest BCUT2D eigenvalue weighted by molar-refractivity contribution is -0.137. The van der Waals surface area contributed by atoms with Gasteiger partial charge in [-0.05, 0) is 12.8 Å². The molecular formula is C6H12N2O4S. The number of aliphatic carboxylic acids is 1. The van der Waals surface area contributed by atoms with Crippen molar-refractivity contribution in [1.29, 1.82) is 0 Å². The van der Waals surface area contributed by atoms with Gasteiger partial charge in [0.2, 0.25) is 10.0 Å². The Morgan fingerprint density at radius 1 is 1.62 bits per heavy atom. The Morgan fingerprint density at radius 2 is 2.15 bits per heavy atom. The van der Waals surface area contributed by atoms with Crippen molar-refractivity contribution in [3.05, 3.63) is 0 Å². The van der Waals surface area contributed by atoms with Gasteiger partial charge in [0, 0.05) is 6.04 Å². The van der Waals surface area contributed by atoms with Crippen LogP contribution in [0.5, 0.6) is 0 Å². The number of hydrogen-bond donors (Lipinski definition) is 3. The fraction of sp³-hybridized carbons (Fsp3) is 0.833. The number of nitrogens with one attached hydrogen (secondary N) is 1. The summed E-state index contributed by atoms with van der Waals surface area (Å²) < 4.78 is 24.6. The first-order valence-corrected chi connectivity index (χ1v) is 5.54. The van der Waals surface area contributed by atoms with E-state index in [2.05, 4.69) is 4.72 Å². The second-order valence-electron chi connectivity index (χ2n) is 3.12. The van der Waals surface area contributed by atoms with E-state index in [1.54, 1.807) is 0 Å². The van der Waals surface area contributed by atoms with Gasteiger partial charge in [-0.1, -0.05) is 0 Å². The summed E-state index contributed by atoms with van der Waals surface area (Å²) in [7, 11) is -3.52. The third kappa shape index (κ3) is 3.71. The molecule has 0 aromatic heterocycles. The number of sulfonamides is 1. The molecule has 1 saturated carbocycles. The van der Waals surface area contributed by atoms with Gasteiger partial charge >= 0.3 is 5.97 Å². The van der Waals surface area contributed by atoms with Crippen LogP contribution in [-0.2, 0) is 14.8 Å². The quantitative estimate of drug-likeness (QED) is 0.508. The van der Waals surface area contributed by atoms with E-state index in [1.807, 2.05) is 0 Å². The minimum absolute atomic E-state index is 0.00834. The van der Waals surface area contributed by atoms with Crippen LogP contribution in [0, 0.1) is 0 Å². The molecule has 1 aliphatic carbocycles. The van der Waals surface area contributed by atoms with Crippen molar-refractivity contribution in [2.45, 2.75) is 24.9 Å². The molecule has 0 amide bonds. The van der Waals surface area contributed by atoms with Gasteiger partial charge in [-0.3, -0.25) is 4.79 Å². The van der Waals surface area contributed by atoms with E-state index in [0.29, 0.717) is 0 Å². The van der Waals surface area contributed by atoms with Gasteiger partial charge in [0.1, 0.15) is 6.04 Å². The molecule has 1 rings (SSSR count). The number of carboxylic acids is 1. The van der Waals surface area contributed by atoms with Crippen LogP contribution in [0.1, 0.15) is 12.8 Å². The van der Waals surface area contributed by atoms with Crippen LogP contribution in [0.4, 0.5) is 0 Å². The molecule has 7 heteroatoms. The van der Waals surface area contributed by atoms with Crippen LogP contribution in [-0.4, -0.2) is 37.3 Å². The van der Waals surface area contributed by atoms with Crippen molar-refractivity contribution in [1.82, 2.24) is 4.72 Å². The number of nitrogens with two attached hydrogens (primary N) is 1. The monoisotopic (exact) mass is 208 g/mol. The van der Waals surface area contributed by atoms with E-state index in [0.717, 1.165) is 12.8 Å². The molecule has 0 unspecified atom stereocenters. The zero-order valence-corrected chi connectivity index (χ0v) is 7.75. The van der Waals surface area contributed by atoms with Crippen LogP contribution in [0.2, 0.25) is 0 Å². The van der Waals surface area contributed by atoms with Crippen molar-refractivity contribution in [2.24, 2.45) is 5.73 Å². The summed E-state index contributed by atoms with van der Waals surface area (Å²) >= 11 is 0. The molecule has 0 bridgehead atoms. The van der Waals surface area contributed by atoms with Crippen LogP contribution < -0.4 is 10.5 Å². The molecular weight excluding hydrogens is 196 g/mol. The summed E-state index contributed by atoms with van der Waals surface area (Å²) in [4.78, 5) is 10.3. The lowest BCUT2D eigenvalue weighted by Gasteiger charge is -2.07. The van der Waals surface area contributed by atoms with Crippen LogP contribution in [0.3, 0.4) is 0 Å². The molecule has 0 saturated heterocycles. The van der Waals surface area contributed by atoms with Crippen molar-refractivity contribution in [3.8, 4) is 0 Å². The predicted molar refractivity (Wildman–Crippen MR) is 45.6 cm³/mol. The van der Waals surface area contributed by atoms with Crippen molar-refractivity contribution < 1.29 is 18.3 Å². The number of carbonyl (C=O) groups is 1. The summed E-state index contributed by atoms with van der Waals surface area (Å²) in [6.45, 7) is 0. The van der Waals surface area contributed by atoms with Crippen LogP contribution in [0.25, 0.3) is 0 Å². The molecule has 0 radical (unpaired) electrons. The normalized spacial score (nSPS) is 19.8. The minimum atomic E-state index is -3.52. The SMILES string of the molecule is N[C@@H](CS(=O)(=O)NC1CC1)C(=O)O. The number of carboxylic acid groups (broad SMARTS) is 1. The third-order valence-electron chi connectivity index (χ3n) is 1.64. The Labute approximate surface area is 76.2 Å². The molecule has 0 spiro atoms. The smallest absolute Gasteiger partial charge is 0.321 e. The van der Waals surface area contributed by atoms with Crippen molar-refractivity contribution in [3.63, 3.8) is 0 Å². The second-order valence-corrected chi connectivity index (χ2v) is 4.92. The molecule has 76 valence electrons. The molecule has 0 heterocycles. The van der Waals surface area contributed by atoms with E-state index < -0.39 is 27.8 Å². The molecule has 0 aliphatic heterocycles. The zero-order chi connectivity index (χ0) is 10.1. The Hall–Kier alpha value is -0.660. The van der Waals surface area contributed by atoms with E-state index in [-0.39, 0.29) is 6.04 Å². The highest BCUT2D eigenvalue weighted by Crippen LogP contribution is 2.19. The van der Waals surface area contributed by atoms with E-state index in [4.69, 9.17) is 10.8 Å². The highest BCUT2D eigenvalue weighted by atomic mass is 32.2. The standard InChI is InChI=1S/C6H12N2O4S/c7-5(6(9)10)3-13(11,12)8-4-1-2-4/h4-5,8H,1-3,7H2,(H,9,10)/t5-/m0/s1. The predicted octanol–water partition coefficient (Wildman–Crippen LogP) is -1.52. The Balaban J connectivity index is 2.45. The second kappa shape index (κ2) is 3.60. The third-order valence-corrected chi connectivity index (χ3v) is 3.13. The van der Waals surface area contributed by atoms with Gasteiger partial charge in [0.25, 0.3) is 0 Å². The Morgan fingerprint density at radius 3 is 2.54 bits per heavy atom. The average molecular weight is 208 g/mol. The molecule has 0 aromatic carbocycles. The molecule has 4 N–H and O–H groups in total. The van der Waals surface area contributed by atoms with Gasteiger partial charge in [0.15, 0.2) is 0 Å². The number of hydrogen-bond acceptors (Lipinski definition) is 4. The maximum atomic E-state index is 11.1. The lowest BCUT2D eigenvalue weighted by Crippen LogP contribution is -2.42. The van der Waals surface area contributed by atoms with Gasteiger partial charge in [-0.15, -0.1) is 0 Å². The van der Waals surface area contributed by atoms with Gasteiger partial charge < -0.3 is 10.8 Å². The average Bonchev–Trinajstić information content (AvgIpc) is 2.69. The maximum absolute atomic E-state index is 11.1. The van der Waals surface area contributed by atoms with Crippen molar-refractivity contribution in [2.75, 3.05) is 5.75 Å². The highest BCUT2D eigenvalue weighted by molar-refractivity contribution is 7.89. The van der Waals surface area contributed by atoms with Gasteiger partial charge in [-0.2, -0.15) is 0 Å². The summed E-state index contributed by atoms with van der Waals surface area (Å²) in [6.07, 6.45) is 1.64. The highest BCUT2D eigenvalue weighted by Gasteiger charge is 2.29. The largest absolute Gasteiger partial charge is 0.480 e. The van der Waals surface area contributed by atoms with E-state index in [9.17, 15) is 13.2 Å². The van der Waals surface area contributed by atoms with Gasteiger partial charge in [0.05, 0.1) is 5.75 Å². The molecule has 1 atom stereocenters. The summed E-state index contributed by atoms with van der Waals surface area (Å²) in [6, 6.07) is -1.36. The maximum Gasteiger partial charge on any atom is 0.321 e. The van der Waals surface area contributed by atoms with Crippen LogP contribution >= 0.6 is 0 Å². The zero-order valence-electron chi connectivity index (χ0n) is 6.93. The summed E-state index contributed by atoms with van der Waals surface area (Å²) in [5, 5.41) is 8.38. The molecule has 0 aromatic rings. The van der Waals surface area contributed by atoms with Crippen molar-refractivity contribution >= 4 is 16.0 Å². The minimum Gasteiger partial charge on any atom is -0.480 e. The Kier molecular flexibility index (Phi) is 2.89. The lowest BCUT2D eigenvalue weighted by atomic mass is 10.4. The molecule has 6 nitrogen and oxygen atoms in total. The first-order chi connectivity index (χ1) is 5.91. The summed E-state index contributed by atoms with van der Waals surface area (Å²) in [5.41, 5.74) is 5.08.